The van der Waals surface area contributed by atoms with E-state index < -0.39 is 0 Å². The van der Waals surface area contributed by atoms with Crippen LogP contribution in [-0.4, -0.2) is 12.6 Å². The highest BCUT2D eigenvalue weighted by molar-refractivity contribution is 6.33. The zero-order valence-electron chi connectivity index (χ0n) is 10.9. The molecule has 0 unspecified atom stereocenters. The highest BCUT2D eigenvalue weighted by Crippen LogP contribution is 2.29. The number of ether oxygens (including phenoxy) is 1. The number of halogens is 2. The quantitative estimate of drug-likeness (QED) is 0.683. The van der Waals surface area contributed by atoms with E-state index in [9.17, 15) is 4.79 Å². The highest BCUT2D eigenvalue weighted by atomic mass is 35.5. The minimum Gasteiger partial charge on any atom is -0.462 e. The molecule has 0 spiro atoms. The van der Waals surface area contributed by atoms with E-state index in [1.807, 2.05) is 18.2 Å². The van der Waals surface area contributed by atoms with Crippen molar-refractivity contribution < 1.29 is 9.53 Å². The Hall–Kier alpha value is -1.71. The zero-order valence-corrected chi connectivity index (χ0v) is 12.5. The summed E-state index contributed by atoms with van der Waals surface area (Å²) < 4.78 is 4.93. The molecule has 0 saturated heterocycles. The van der Waals surface area contributed by atoms with Crippen molar-refractivity contribution in [1.82, 2.24) is 0 Å². The van der Waals surface area contributed by atoms with Gasteiger partial charge < -0.3 is 10.5 Å². The van der Waals surface area contributed by atoms with Crippen LogP contribution in [-0.2, 0) is 4.74 Å². The number of nitrogens with two attached hydrogens (primary N) is 1. The first-order chi connectivity index (χ1) is 9.11. The molecular formula is C15H15Cl2NO2. The van der Waals surface area contributed by atoms with E-state index in [2.05, 4.69) is 0 Å². The Balaban J connectivity index is 0.00000200. The van der Waals surface area contributed by atoms with Crippen LogP contribution >= 0.6 is 24.0 Å². The van der Waals surface area contributed by atoms with Gasteiger partial charge in [0.2, 0.25) is 0 Å². The largest absolute Gasteiger partial charge is 0.462 e. The molecule has 5 heteroatoms. The molecule has 0 atom stereocenters. The molecule has 2 aromatic carbocycles. The first-order valence-corrected chi connectivity index (χ1v) is 6.32. The van der Waals surface area contributed by atoms with E-state index in [1.165, 1.54) is 0 Å². The maximum atomic E-state index is 11.5. The third-order valence-electron chi connectivity index (χ3n) is 2.70. The highest BCUT2D eigenvalue weighted by Gasteiger charge is 2.08. The molecular weight excluding hydrogens is 297 g/mol. The van der Waals surface area contributed by atoms with Gasteiger partial charge in [-0.05, 0) is 42.8 Å². The standard InChI is InChI=1S/C15H14ClNO2.ClH/c1-2-19-15(18)11-5-3-10(4-6-11)13-9-12(17)7-8-14(13)16;/h3-9H,2,17H2,1H3;1H. The summed E-state index contributed by atoms with van der Waals surface area (Å²) in [7, 11) is 0. The first kappa shape index (κ1) is 16.3. The van der Waals surface area contributed by atoms with Gasteiger partial charge in [0.05, 0.1) is 12.2 Å². The second-order valence-electron chi connectivity index (χ2n) is 4.04. The molecule has 0 bridgehead atoms. The third-order valence-corrected chi connectivity index (χ3v) is 3.03. The minimum absolute atomic E-state index is 0. The van der Waals surface area contributed by atoms with Gasteiger partial charge >= 0.3 is 5.97 Å². The van der Waals surface area contributed by atoms with Gasteiger partial charge in [0, 0.05) is 16.3 Å². The lowest BCUT2D eigenvalue weighted by atomic mass is 10.0. The number of rotatable bonds is 3. The van der Waals surface area contributed by atoms with Crippen molar-refractivity contribution in [1.29, 1.82) is 0 Å². The first-order valence-electron chi connectivity index (χ1n) is 5.94. The van der Waals surface area contributed by atoms with Crippen molar-refractivity contribution in [2.24, 2.45) is 0 Å². The third kappa shape index (κ3) is 3.65. The van der Waals surface area contributed by atoms with Crippen LogP contribution in [0.5, 0.6) is 0 Å². The van der Waals surface area contributed by atoms with E-state index in [-0.39, 0.29) is 18.4 Å². The van der Waals surface area contributed by atoms with Crippen molar-refractivity contribution in [3.63, 3.8) is 0 Å². The van der Waals surface area contributed by atoms with Crippen molar-refractivity contribution >= 4 is 35.7 Å². The molecule has 0 aromatic heterocycles. The van der Waals surface area contributed by atoms with Gasteiger partial charge in [-0.15, -0.1) is 12.4 Å². The van der Waals surface area contributed by atoms with Crippen LogP contribution in [0.25, 0.3) is 11.1 Å². The van der Waals surface area contributed by atoms with Crippen LogP contribution in [0.2, 0.25) is 5.02 Å². The Kier molecular flexibility index (Phi) is 5.86. The summed E-state index contributed by atoms with van der Waals surface area (Å²) in [6.45, 7) is 2.14. The average Bonchev–Trinajstić information content (AvgIpc) is 2.42. The van der Waals surface area contributed by atoms with Crippen LogP contribution in [0, 0.1) is 0 Å². The van der Waals surface area contributed by atoms with Crippen molar-refractivity contribution in [3.05, 3.63) is 53.1 Å². The summed E-state index contributed by atoms with van der Waals surface area (Å²) >= 11 is 6.14. The minimum atomic E-state index is -0.326. The van der Waals surface area contributed by atoms with E-state index >= 15 is 0 Å². The Labute approximate surface area is 129 Å². The Morgan fingerprint density at radius 3 is 2.45 bits per heavy atom. The SMILES string of the molecule is CCOC(=O)c1ccc(-c2cc(N)ccc2Cl)cc1.Cl. The molecule has 0 aliphatic carbocycles. The molecule has 0 fully saturated rings. The molecule has 106 valence electrons. The normalized spacial score (nSPS) is 9.70. The molecule has 3 nitrogen and oxygen atoms in total. The topological polar surface area (TPSA) is 52.3 Å². The van der Waals surface area contributed by atoms with Gasteiger partial charge in [-0.2, -0.15) is 0 Å². The molecule has 2 N–H and O–H groups in total. The van der Waals surface area contributed by atoms with E-state index in [0.29, 0.717) is 22.9 Å². The van der Waals surface area contributed by atoms with Gasteiger partial charge in [-0.25, -0.2) is 4.79 Å². The molecule has 2 rings (SSSR count). The predicted octanol–water partition coefficient (Wildman–Crippen LogP) is 4.19. The van der Waals surface area contributed by atoms with Gasteiger partial charge in [0.15, 0.2) is 0 Å². The summed E-state index contributed by atoms with van der Waals surface area (Å²) in [6.07, 6.45) is 0. The van der Waals surface area contributed by atoms with Gasteiger partial charge in [-0.1, -0.05) is 23.7 Å². The summed E-state index contributed by atoms with van der Waals surface area (Å²) in [5.74, 6) is -0.326. The molecule has 0 amide bonds. The number of anilines is 1. The van der Waals surface area contributed by atoms with Crippen LogP contribution in [0.15, 0.2) is 42.5 Å². The lowest BCUT2D eigenvalue weighted by Crippen LogP contribution is -2.04. The van der Waals surface area contributed by atoms with Crippen LogP contribution in [0.4, 0.5) is 5.69 Å². The van der Waals surface area contributed by atoms with Gasteiger partial charge in [0.25, 0.3) is 0 Å². The summed E-state index contributed by atoms with van der Waals surface area (Å²) in [6, 6.07) is 12.4. The second kappa shape index (κ2) is 7.17. The second-order valence-corrected chi connectivity index (χ2v) is 4.44. The Morgan fingerprint density at radius 1 is 1.20 bits per heavy atom. The molecule has 0 radical (unpaired) electrons. The number of nitrogen functional groups attached to an aromatic ring is 1. The zero-order chi connectivity index (χ0) is 13.8. The molecule has 0 aliphatic rings. The molecule has 2 aromatic rings. The summed E-state index contributed by atoms with van der Waals surface area (Å²) in [5, 5.41) is 0.623. The van der Waals surface area contributed by atoms with E-state index in [1.54, 1.807) is 31.2 Å². The number of benzene rings is 2. The smallest absolute Gasteiger partial charge is 0.338 e. The lowest BCUT2D eigenvalue weighted by Gasteiger charge is -2.07. The fourth-order valence-corrected chi connectivity index (χ4v) is 1.99. The number of carbonyl (C=O) groups is 1. The van der Waals surface area contributed by atoms with Crippen molar-refractivity contribution in [3.8, 4) is 11.1 Å². The average molecular weight is 312 g/mol. The van der Waals surface area contributed by atoms with Gasteiger partial charge in [0.1, 0.15) is 0 Å². The maximum Gasteiger partial charge on any atom is 0.338 e. The monoisotopic (exact) mass is 311 g/mol. The summed E-state index contributed by atoms with van der Waals surface area (Å²) in [4.78, 5) is 11.5. The van der Waals surface area contributed by atoms with Crippen LogP contribution in [0.3, 0.4) is 0 Å². The van der Waals surface area contributed by atoms with Crippen LogP contribution in [0.1, 0.15) is 17.3 Å². The number of carbonyl (C=O) groups excluding carboxylic acids is 1. The van der Waals surface area contributed by atoms with E-state index in [0.717, 1.165) is 11.1 Å². The van der Waals surface area contributed by atoms with Crippen molar-refractivity contribution in [2.75, 3.05) is 12.3 Å². The fraction of sp³-hybridized carbons (Fsp3) is 0.133. The van der Waals surface area contributed by atoms with Crippen LogP contribution < -0.4 is 5.73 Å². The number of hydrogen-bond acceptors (Lipinski definition) is 3. The fourth-order valence-electron chi connectivity index (χ4n) is 1.76. The Bertz CT molecular complexity index is 597. The van der Waals surface area contributed by atoms with Crippen molar-refractivity contribution in [2.45, 2.75) is 6.92 Å². The van der Waals surface area contributed by atoms with E-state index in [4.69, 9.17) is 22.1 Å². The molecule has 0 heterocycles. The molecule has 0 aliphatic heterocycles. The molecule has 20 heavy (non-hydrogen) atoms. The van der Waals surface area contributed by atoms with Gasteiger partial charge in [-0.3, -0.25) is 0 Å². The Morgan fingerprint density at radius 2 is 1.85 bits per heavy atom. The predicted molar refractivity (Wildman–Crippen MR) is 84.5 cm³/mol. The maximum absolute atomic E-state index is 11.5. The number of hydrogen-bond donors (Lipinski definition) is 1. The summed E-state index contributed by atoms with van der Waals surface area (Å²) in [5.41, 5.74) is 8.67. The lowest BCUT2D eigenvalue weighted by molar-refractivity contribution is 0.0526. The number of esters is 1. The molecule has 0 saturated carbocycles.